The number of hydrogen-bond acceptors (Lipinski definition) is 4. The zero-order valence-corrected chi connectivity index (χ0v) is 10.5. The van der Waals surface area contributed by atoms with Crippen LogP contribution in [0.1, 0.15) is 18.4 Å². The summed E-state index contributed by atoms with van der Waals surface area (Å²) in [5, 5.41) is 21.8. The van der Waals surface area contributed by atoms with Crippen molar-refractivity contribution in [2.45, 2.75) is 18.9 Å². The Bertz CT molecular complexity index is 421. The van der Waals surface area contributed by atoms with Crippen molar-refractivity contribution in [3.8, 4) is 6.07 Å². The molecule has 0 aliphatic carbocycles. The molecule has 0 spiro atoms. The molecule has 1 unspecified atom stereocenters. The molecule has 0 saturated carbocycles. The first-order chi connectivity index (χ1) is 8.85. The molecule has 0 radical (unpaired) electrons. The summed E-state index contributed by atoms with van der Waals surface area (Å²) in [7, 11) is 0. The molecule has 18 heavy (non-hydrogen) atoms. The van der Waals surface area contributed by atoms with E-state index in [0.29, 0.717) is 18.2 Å². The number of aliphatic hydroxyl groups excluding tert-OH is 1. The first-order valence-corrected chi connectivity index (χ1v) is 6.43. The van der Waals surface area contributed by atoms with E-state index in [1.54, 1.807) is 0 Å². The monoisotopic (exact) mass is 245 g/mol. The molecule has 1 atom stereocenters. The fourth-order valence-corrected chi connectivity index (χ4v) is 2.45. The number of anilines is 1. The molecular weight excluding hydrogens is 226 g/mol. The Morgan fingerprint density at radius 2 is 2.28 bits per heavy atom. The van der Waals surface area contributed by atoms with E-state index in [4.69, 9.17) is 5.26 Å². The fourth-order valence-electron chi connectivity index (χ4n) is 2.45. The fraction of sp³-hybridized carbons (Fsp3) is 0.500. The van der Waals surface area contributed by atoms with Crippen molar-refractivity contribution in [3.63, 3.8) is 0 Å². The van der Waals surface area contributed by atoms with E-state index >= 15 is 0 Å². The van der Waals surface area contributed by atoms with Gasteiger partial charge in [0.1, 0.15) is 6.07 Å². The number of nitrogens with zero attached hydrogens (tertiary/aromatic N) is 2. The summed E-state index contributed by atoms with van der Waals surface area (Å²) in [4.78, 5) is 2.10. The Balaban J connectivity index is 2.15. The Hall–Kier alpha value is -1.57. The van der Waals surface area contributed by atoms with Crippen molar-refractivity contribution in [2.24, 2.45) is 0 Å². The first kappa shape index (κ1) is 12.9. The van der Waals surface area contributed by atoms with Crippen LogP contribution in [0.5, 0.6) is 0 Å². The molecule has 1 aromatic carbocycles. The van der Waals surface area contributed by atoms with E-state index in [1.165, 1.54) is 6.42 Å². The highest BCUT2D eigenvalue weighted by atomic mass is 16.3. The molecule has 1 saturated heterocycles. The lowest BCUT2D eigenvalue weighted by atomic mass is 10.1. The zero-order valence-electron chi connectivity index (χ0n) is 10.5. The predicted molar refractivity (Wildman–Crippen MR) is 71.5 cm³/mol. The molecule has 96 valence electrons. The van der Waals surface area contributed by atoms with Crippen LogP contribution in [0.15, 0.2) is 24.3 Å². The topological polar surface area (TPSA) is 59.3 Å². The van der Waals surface area contributed by atoms with E-state index in [1.807, 2.05) is 24.3 Å². The van der Waals surface area contributed by atoms with Crippen LogP contribution < -0.4 is 10.2 Å². The maximum Gasteiger partial charge on any atom is 0.101 e. The summed E-state index contributed by atoms with van der Waals surface area (Å²) in [6.07, 6.45) is 2.37. The minimum absolute atomic E-state index is 0.104. The summed E-state index contributed by atoms with van der Waals surface area (Å²) in [6, 6.07) is 10.2. The molecule has 0 aromatic heterocycles. The molecule has 1 fully saturated rings. The average Bonchev–Trinajstić information content (AvgIpc) is 2.91. The second-order valence-corrected chi connectivity index (χ2v) is 4.59. The third kappa shape index (κ3) is 3.00. The summed E-state index contributed by atoms with van der Waals surface area (Å²) in [5.74, 6) is 0. The normalized spacial score (nSPS) is 18.6. The number of hydrogen-bond donors (Lipinski definition) is 2. The lowest BCUT2D eigenvalue weighted by Crippen LogP contribution is -2.39. The van der Waals surface area contributed by atoms with Crippen LogP contribution >= 0.6 is 0 Å². The Kier molecular flexibility index (Phi) is 4.57. The molecule has 1 aliphatic heterocycles. The van der Waals surface area contributed by atoms with E-state index in [9.17, 15) is 5.11 Å². The quantitative estimate of drug-likeness (QED) is 0.816. The Labute approximate surface area is 108 Å². The van der Waals surface area contributed by atoms with E-state index in [2.05, 4.69) is 16.3 Å². The molecule has 1 aliphatic rings. The molecule has 4 nitrogen and oxygen atoms in total. The van der Waals surface area contributed by atoms with Crippen molar-refractivity contribution in [1.29, 1.82) is 5.26 Å². The molecule has 1 aromatic rings. The van der Waals surface area contributed by atoms with Gasteiger partial charge in [-0.25, -0.2) is 0 Å². The Morgan fingerprint density at radius 3 is 2.94 bits per heavy atom. The van der Waals surface area contributed by atoms with Gasteiger partial charge < -0.3 is 15.3 Å². The van der Waals surface area contributed by atoms with E-state index in [0.717, 1.165) is 25.2 Å². The van der Waals surface area contributed by atoms with Crippen LogP contribution in [0.3, 0.4) is 0 Å². The molecule has 0 bridgehead atoms. The van der Waals surface area contributed by atoms with Crippen molar-refractivity contribution in [1.82, 2.24) is 5.32 Å². The second kappa shape index (κ2) is 6.39. The van der Waals surface area contributed by atoms with Gasteiger partial charge in [0.05, 0.1) is 17.9 Å². The van der Waals surface area contributed by atoms with Crippen LogP contribution in [0.2, 0.25) is 0 Å². The second-order valence-electron chi connectivity index (χ2n) is 4.59. The molecular formula is C14H19N3O. The maximum absolute atomic E-state index is 9.19. The molecule has 0 amide bonds. The van der Waals surface area contributed by atoms with E-state index < -0.39 is 0 Å². The highest BCUT2D eigenvalue weighted by Crippen LogP contribution is 2.20. The van der Waals surface area contributed by atoms with Gasteiger partial charge >= 0.3 is 0 Å². The van der Waals surface area contributed by atoms with Crippen LogP contribution in [0.4, 0.5) is 5.69 Å². The molecule has 4 heteroatoms. The lowest BCUT2D eigenvalue weighted by Gasteiger charge is -2.28. The van der Waals surface area contributed by atoms with Crippen LogP contribution in [0, 0.1) is 11.3 Å². The van der Waals surface area contributed by atoms with E-state index in [-0.39, 0.29) is 6.61 Å². The summed E-state index contributed by atoms with van der Waals surface area (Å²) in [5.41, 5.74) is 1.59. The highest BCUT2D eigenvalue weighted by Gasteiger charge is 2.19. The summed E-state index contributed by atoms with van der Waals surface area (Å²) < 4.78 is 0. The van der Waals surface area contributed by atoms with Gasteiger partial charge in [0.15, 0.2) is 0 Å². The van der Waals surface area contributed by atoms with Crippen molar-refractivity contribution in [3.05, 3.63) is 29.8 Å². The predicted octanol–water partition coefficient (Wildman–Crippen LogP) is 1.11. The maximum atomic E-state index is 9.19. The largest absolute Gasteiger partial charge is 0.395 e. The minimum atomic E-state index is 0.104. The zero-order chi connectivity index (χ0) is 12.8. The van der Waals surface area contributed by atoms with Crippen LogP contribution in [0.25, 0.3) is 0 Å². The SMILES string of the molecule is N#Cc1ccccc1N(CCO)CC1CCCN1. The van der Waals surface area contributed by atoms with Gasteiger partial charge in [-0.3, -0.25) is 0 Å². The number of para-hydroxylation sites is 1. The number of nitrogens with one attached hydrogen (secondary N) is 1. The molecule has 2 N–H and O–H groups in total. The van der Waals surface area contributed by atoms with Gasteiger partial charge in [-0.05, 0) is 31.5 Å². The summed E-state index contributed by atoms with van der Waals surface area (Å²) >= 11 is 0. The van der Waals surface area contributed by atoms with Gasteiger partial charge in [0, 0.05) is 19.1 Å². The molecule has 1 heterocycles. The average molecular weight is 245 g/mol. The van der Waals surface area contributed by atoms with Crippen LogP contribution in [-0.2, 0) is 0 Å². The van der Waals surface area contributed by atoms with Crippen molar-refractivity contribution < 1.29 is 5.11 Å². The van der Waals surface area contributed by atoms with Gasteiger partial charge in [-0.15, -0.1) is 0 Å². The third-order valence-corrected chi connectivity index (χ3v) is 3.34. The van der Waals surface area contributed by atoms with Crippen LogP contribution in [-0.4, -0.2) is 37.4 Å². The van der Waals surface area contributed by atoms with Gasteiger partial charge in [0.25, 0.3) is 0 Å². The summed E-state index contributed by atoms with van der Waals surface area (Å²) in [6.45, 7) is 2.58. The number of aliphatic hydroxyl groups is 1. The smallest absolute Gasteiger partial charge is 0.101 e. The number of benzene rings is 1. The lowest BCUT2D eigenvalue weighted by molar-refractivity contribution is 0.300. The Morgan fingerprint density at radius 1 is 1.44 bits per heavy atom. The van der Waals surface area contributed by atoms with Gasteiger partial charge in [0.2, 0.25) is 0 Å². The van der Waals surface area contributed by atoms with Crippen molar-refractivity contribution >= 4 is 5.69 Å². The third-order valence-electron chi connectivity index (χ3n) is 3.34. The van der Waals surface area contributed by atoms with Gasteiger partial charge in [-0.2, -0.15) is 5.26 Å². The standard InChI is InChI=1S/C14H19N3O/c15-10-12-4-1-2-6-14(12)17(8-9-18)11-13-5-3-7-16-13/h1-2,4,6,13,16,18H,3,5,7-9,11H2. The van der Waals surface area contributed by atoms with Gasteiger partial charge in [-0.1, -0.05) is 12.1 Å². The highest BCUT2D eigenvalue weighted by molar-refractivity contribution is 5.59. The van der Waals surface area contributed by atoms with Crippen molar-refractivity contribution in [2.75, 3.05) is 31.1 Å². The number of rotatable bonds is 5. The molecule has 2 rings (SSSR count). The number of nitriles is 1. The first-order valence-electron chi connectivity index (χ1n) is 6.43. The minimum Gasteiger partial charge on any atom is -0.395 e.